The fraction of sp³-hybridized carbons (Fsp3) is 0.348. The van der Waals surface area contributed by atoms with Crippen LogP contribution < -0.4 is 9.47 Å². The minimum Gasteiger partial charge on any atom is -0.493 e. The van der Waals surface area contributed by atoms with Gasteiger partial charge >= 0.3 is 0 Å². The highest BCUT2D eigenvalue weighted by molar-refractivity contribution is 5.59. The summed E-state index contributed by atoms with van der Waals surface area (Å²) in [4.78, 5) is 2.48. The van der Waals surface area contributed by atoms with Crippen molar-refractivity contribution >= 4 is 0 Å². The summed E-state index contributed by atoms with van der Waals surface area (Å²) in [6, 6.07) is 16.9. The summed E-state index contributed by atoms with van der Waals surface area (Å²) >= 11 is 0. The Morgan fingerprint density at radius 3 is 2.57 bits per heavy atom. The molecule has 1 N–H and O–H groups in total. The van der Waals surface area contributed by atoms with Gasteiger partial charge in [-0.3, -0.25) is 10.00 Å². The first-order valence-electron chi connectivity index (χ1n) is 9.72. The fourth-order valence-electron chi connectivity index (χ4n) is 3.89. The topological polar surface area (TPSA) is 50.4 Å². The second-order valence-corrected chi connectivity index (χ2v) is 7.48. The van der Waals surface area contributed by atoms with Gasteiger partial charge in [-0.05, 0) is 43.7 Å². The Kier molecular flexibility index (Phi) is 5.35. The lowest BCUT2D eigenvalue weighted by molar-refractivity contribution is 0.323. The molecule has 0 unspecified atom stereocenters. The third-order valence-corrected chi connectivity index (χ3v) is 5.51. The third kappa shape index (κ3) is 3.90. The van der Waals surface area contributed by atoms with Crippen LogP contribution in [0, 0.1) is 6.92 Å². The largest absolute Gasteiger partial charge is 0.493 e. The van der Waals surface area contributed by atoms with Crippen molar-refractivity contribution in [3.63, 3.8) is 0 Å². The molecule has 5 heteroatoms. The van der Waals surface area contributed by atoms with E-state index in [0.717, 1.165) is 48.8 Å². The molecule has 28 heavy (non-hydrogen) atoms. The third-order valence-electron chi connectivity index (χ3n) is 5.51. The van der Waals surface area contributed by atoms with Crippen LogP contribution in [0.5, 0.6) is 11.5 Å². The summed E-state index contributed by atoms with van der Waals surface area (Å²) in [6.07, 6.45) is 1.14. The molecule has 146 valence electrons. The highest BCUT2D eigenvalue weighted by atomic mass is 16.5. The highest BCUT2D eigenvalue weighted by Crippen LogP contribution is 2.32. The summed E-state index contributed by atoms with van der Waals surface area (Å²) in [7, 11) is 3.34. The summed E-state index contributed by atoms with van der Waals surface area (Å²) in [5.41, 5.74) is 5.91. The van der Waals surface area contributed by atoms with Crippen LogP contribution in [0.15, 0.2) is 48.5 Å². The van der Waals surface area contributed by atoms with Crippen molar-refractivity contribution in [2.75, 3.05) is 27.3 Å². The van der Waals surface area contributed by atoms with E-state index in [9.17, 15) is 0 Å². The molecular formula is C23H27N3O2. The van der Waals surface area contributed by atoms with E-state index >= 15 is 0 Å². The number of likely N-dealkylation sites (tertiary alicyclic amines) is 1. The van der Waals surface area contributed by atoms with Gasteiger partial charge in [0.15, 0.2) is 11.5 Å². The van der Waals surface area contributed by atoms with Crippen molar-refractivity contribution in [1.82, 2.24) is 15.1 Å². The molecule has 1 aliphatic heterocycles. The van der Waals surface area contributed by atoms with E-state index in [1.165, 1.54) is 16.8 Å². The van der Waals surface area contributed by atoms with Crippen molar-refractivity contribution in [1.29, 1.82) is 0 Å². The SMILES string of the molecule is COc1ccc(CN2CC[C@H](c3cc(-c4ccc(C)cc4)n[nH]3)C2)cc1OC. The normalized spacial score (nSPS) is 17.0. The molecule has 1 aliphatic rings. The first kappa shape index (κ1) is 18.6. The summed E-state index contributed by atoms with van der Waals surface area (Å²) in [5.74, 6) is 2.05. The second-order valence-electron chi connectivity index (χ2n) is 7.48. The predicted octanol–water partition coefficient (Wildman–Crippen LogP) is 4.39. The number of hydrogen-bond donors (Lipinski definition) is 1. The van der Waals surface area contributed by atoms with Gasteiger partial charge in [-0.15, -0.1) is 0 Å². The standard InChI is InChI=1S/C23H27N3O2/c1-16-4-7-18(8-5-16)20-13-21(25-24-20)19-10-11-26(15-19)14-17-6-9-22(27-2)23(12-17)28-3/h4-9,12-13,19H,10-11,14-15H2,1-3H3,(H,24,25)/t19-/m0/s1. The zero-order chi connectivity index (χ0) is 19.5. The number of nitrogens with zero attached hydrogens (tertiary/aromatic N) is 2. The molecule has 5 nitrogen and oxygen atoms in total. The van der Waals surface area contributed by atoms with E-state index in [0.29, 0.717) is 5.92 Å². The first-order chi connectivity index (χ1) is 13.7. The van der Waals surface area contributed by atoms with Gasteiger partial charge in [-0.2, -0.15) is 5.10 Å². The zero-order valence-electron chi connectivity index (χ0n) is 16.7. The fourth-order valence-corrected chi connectivity index (χ4v) is 3.89. The second kappa shape index (κ2) is 8.07. The maximum atomic E-state index is 5.43. The summed E-state index contributed by atoms with van der Waals surface area (Å²) in [5, 5.41) is 7.80. The van der Waals surface area contributed by atoms with Gasteiger partial charge in [0, 0.05) is 30.3 Å². The molecule has 0 bridgehead atoms. The van der Waals surface area contributed by atoms with Crippen LogP contribution in [0.2, 0.25) is 0 Å². The lowest BCUT2D eigenvalue weighted by atomic mass is 10.0. The quantitative estimate of drug-likeness (QED) is 0.692. The smallest absolute Gasteiger partial charge is 0.161 e. The van der Waals surface area contributed by atoms with Gasteiger partial charge in [0.2, 0.25) is 0 Å². The Balaban J connectivity index is 1.41. The van der Waals surface area contributed by atoms with E-state index in [1.807, 2.05) is 6.07 Å². The van der Waals surface area contributed by atoms with Gasteiger partial charge < -0.3 is 9.47 Å². The molecule has 0 spiro atoms. The number of aryl methyl sites for hydroxylation is 1. The van der Waals surface area contributed by atoms with Crippen LogP contribution >= 0.6 is 0 Å². The number of ether oxygens (including phenoxy) is 2. The molecule has 1 saturated heterocycles. The molecule has 1 aromatic heterocycles. The van der Waals surface area contributed by atoms with Gasteiger partial charge in [0.1, 0.15) is 0 Å². The molecule has 1 fully saturated rings. The summed E-state index contributed by atoms with van der Waals surface area (Å²) in [6.45, 7) is 5.13. The van der Waals surface area contributed by atoms with Crippen molar-refractivity contribution in [3.05, 3.63) is 65.4 Å². The Morgan fingerprint density at radius 1 is 1.04 bits per heavy atom. The molecular weight excluding hydrogens is 350 g/mol. The van der Waals surface area contributed by atoms with Gasteiger partial charge in [-0.1, -0.05) is 35.9 Å². The van der Waals surface area contributed by atoms with Crippen LogP contribution in [0.25, 0.3) is 11.3 Å². The van der Waals surface area contributed by atoms with Crippen LogP contribution in [0.4, 0.5) is 0 Å². The van der Waals surface area contributed by atoms with Crippen LogP contribution in [-0.4, -0.2) is 42.4 Å². The van der Waals surface area contributed by atoms with E-state index in [1.54, 1.807) is 14.2 Å². The monoisotopic (exact) mass is 377 g/mol. The predicted molar refractivity (Wildman–Crippen MR) is 111 cm³/mol. The van der Waals surface area contributed by atoms with E-state index in [-0.39, 0.29) is 0 Å². The Hall–Kier alpha value is -2.79. The maximum Gasteiger partial charge on any atom is 0.161 e. The lowest BCUT2D eigenvalue weighted by Gasteiger charge is -2.17. The number of aromatic nitrogens is 2. The highest BCUT2D eigenvalue weighted by Gasteiger charge is 2.25. The van der Waals surface area contributed by atoms with Gasteiger partial charge in [-0.25, -0.2) is 0 Å². The average Bonchev–Trinajstić information content (AvgIpc) is 3.38. The average molecular weight is 377 g/mol. The number of H-pyrrole nitrogens is 1. The van der Waals surface area contributed by atoms with Gasteiger partial charge in [0.25, 0.3) is 0 Å². The molecule has 2 heterocycles. The van der Waals surface area contributed by atoms with Crippen molar-refractivity contribution in [2.45, 2.75) is 25.8 Å². The van der Waals surface area contributed by atoms with Crippen molar-refractivity contribution in [2.24, 2.45) is 0 Å². The van der Waals surface area contributed by atoms with Crippen LogP contribution in [0.3, 0.4) is 0 Å². The number of hydrogen-bond acceptors (Lipinski definition) is 4. The number of benzene rings is 2. The molecule has 4 rings (SSSR count). The van der Waals surface area contributed by atoms with E-state index in [4.69, 9.17) is 9.47 Å². The molecule has 0 amide bonds. The van der Waals surface area contributed by atoms with E-state index < -0.39 is 0 Å². The number of aromatic amines is 1. The van der Waals surface area contributed by atoms with Crippen LogP contribution in [-0.2, 0) is 6.54 Å². The molecule has 0 radical (unpaired) electrons. The number of methoxy groups -OCH3 is 2. The summed E-state index contributed by atoms with van der Waals surface area (Å²) < 4.78 is 10.8. The molecule has 3 aromatic rings. The number of rotatable bonds is 6. The Labute approximate surface area is 166 Å². The van der Waals surface area contributed by atoms with Crippen LogP contribution in [0.1, 0.15) is 29.2 Å². The Morgan fingerprint density at radius 2 is 1.82 bits per heavy atom. The zero-order valence-corrected chi connectivity index (χ0v) is 16.7. The maximum absolute atomic E-state index is 5.43. The van der Waals surface area contributed by atoms with Crippen molar-refractivity contribution < 1.29 is 9.47 Å². The number of nitrogens with one attached hydrogen (secondary N) is 1. The van der Waals surface area contributed by atoms with E-state index in [2.05, 4.69) is 64.5 Å². The minimum atomic E-state index is 0.492. The lowest BCUT2D eigenvalue weighted by Crippen LogP contribution is -2.19. The Bertz CT molecular complexity index is 933. The molecule has 0 saturated carbocycles. The molecule has 0 aliphatic carbocycles. The van der Waals surface area contributed by atoms with Crippen molar-refractivity contribution in [3.8, 4) is 22.8 Å². The van der Waals surface area contributed by atoms with Gasteiger partial charge in [0.05, 0.1) is 19.9 Å². The first-order valence-corrected chi connectivity index (χ1v) is 9.72. The molecule has 1 atom stereocenters. The molecule has 2 aromatic carbocycles. The minimum absolute atomic E-state index is 0.492.